The molecule has 0 aromatic heterocycles. The Balaban J connectivity index is 1.31. The molecule has 390 valence electrons. The first-order chi connectivity index (χ1) is 33.3. The van der Waals surface area contributed by atoms with Crippen LogP contribution in [0, 0.1) is 41.9 Å². The molecule has 5 N–H and O–H groups in total. The maximum absolute atomic E-state index is 15.0. The highest BCUT2D eigenvalue weighted by Crippen LogP contribution is 2.51. The molecule has 2 amide bonds. The molecule has 0 aliphatic carbocycles. The minimum atomic E-state index is -1.97. The number of carbonyl (C=O) groups excluding carboxylic acids is 3. The first kappa shape index (κ1) is 53.7. The molecular formula is C54H78N6O11. The topological polar surface area (TPSA) is 216 Å². The Morgan fingerprint density at radius 3 is 2.18 bits per heavy atom. The van der Waals surface area contributed by atoms with Gasteiger partial charge in [-0.15, -0.1) is 0 Å². The van der Waals surface area contributed by atoms with E-state index in [1.165, 1.54) is 20.3 Å². The van der Waals surface area contributed by atoms with Crippen molar-refractivity contribution in [1.29, 1.82) is 0 Å². The molecule has 17 heteroatoms. The molecule has 0 unspecified atom stereocenters. The van der Waals surface area contributed by atoms with Crippen molar-refractivity contribution in [3.05, 3.63) is 58.0 Å². The molecule has 2 saturated heterocycles. The fraction of sp³-hybridized carbons (Fsp3) is 0.648. The van der Waals surface area contributed by atoms with Crippen LogP contribution in [0.1, 0.15) is 105 Å². The Hall–Kier alpha value is -5.07. The van der Waals surface area contributed by atoms with Gasteiger partial charge in [-0.05, 0) is 31.3 Å². The molecule has 6 aliphatic heterocycles. The van der Waals surface area contributed by atoms with E-state index < -0.39 is 83.1 Å². The standard InChI is InChI=1S/C54H78N6O11/c1-29(2)27-58-20-18-54(19-21-58)56-40-37-38-45(63)35(8)48-39(37)49(65)53(12,71-48)69-26-17-36(68-13)32(5)47(70-51(67)60-24-22-59(23-25-60)28-52(9,10)11)34(7)44(62)33(6)43(61)30(3)15-14-16-31(4)50(66)55-42(46(38)64)41(40)57-54/h14-17,26,29-30,32-34,36,43-44,47,56,61-64H,18-25,27-28H2,1-13H3/b15-14+,26-17+,31-16-,55-42?/t30-,32+,33+,34+,36-,43-,44+,47+,53-/m0/s1. The summed E-state index contributed by atoms with van der Waals surface area (Å²) in [5.74, 6) is -6.16. The van der Waals surface area contributed by atoms with Crippen LogP contribution in [-0.4, -0.2) is 148 Å². The first-order valence-electron chi connectivity index (χ1n) is 25.4. The molecule has 5 bridgehead atoms. The van der Waals surface area contributed by atoms with Gasteiger partial charge in [0.25, 0.3) is 11.7 Å². The number of aromatic hydroxyl groups is 2. The van der Waals surface area contributed by atoms with Crippen molar-refractivity contribution in [3.8, 4) is 17.2 Å². The van der Waals surface area contributed by atoms with Crippen LogP contribution in [0.3, 0.4) is 0 Å². The van der Waals surface area contributed by atoms with E-state index in [2.05, 4.69) is 54.7 Å². The molecule has 1 spiro atoms. The maximum atomic E-state index is 15.0. The lowest BCUT2D eigenvalue weighted by Gasteiger charge is -2.40. The van der Waals surface area contributed by atoms with Crippen LogP contribution in [0.4, 0.5) is 10.5 Å². The average molecular weight is 987 g/mol. The van der Waals surface area contributed by atoms with Gasteiger partial charge in [-0.3, -0.25) is 19.5 Å². The highest BCUT2D eigenvalue weighted by molar-refractivity contribution is 6.21. The Morgan fingerprint density at radius 1 is 0.901 bits per heavy atom. The van der Waals surface area contributed by atoms with Crippen LogP contribution >= 0.6 is 0 Å². The molecule has 2 aromatic rings. The number of benzene rings is 2. The summed E-state index contributed by atoms with van der Waals surface area (Å²) in [6, 6.07) is 0. The van der Waals surface area contributed by atoms with Gasteiger partial charge in [-0.2, -0.15) is 0 Å². The third kappa shape index (κ3) is 10.9. The number of methoxy groups -OCH3 is 1. The molecule has 17 nitrogen and oxygen atoms in total. The normalized spacial score (nSPS) is 31.6. The number of nitrogens with one attached hydrogen (secondary N) is 1. The summed E-state index contributed by atoms with van der Waals surface area (Å²) >= 11 is 0. The minimum absolute atomic E-state index is 0.0550. The molecule has 6 heterocycles. The molecule has 71 heavy (non-hydrogen) atoms. The van der Waals surface area contributed by atoms with Gasteiger partial charge in [0.15, 0.2) is 5.75 Å². The highest BCUT2D eigenvalue weighted by Gasteiger charge is 2.51. The second-order valence-electron chi connectivity index (χ2n) is 22.6. The van der Waals surface area contributed by atoms with E-state index in [0.717, 1.165) is 26.2 Å². The number of rotatable bonds is 5. The van der Waals surface area contributed by atoms with Gasteiger partial charge in [0, 0.05) is 119 Å². The number of ketones is 1. The summed E-state index contributed by atoms with van der Waals surface area (Å²) in [6.45, 7) is 28.2. The number of nitrogens with zero attached hydrogens (tertiary/aromatic N) is 5. The Bertz CT molecular complexity index is 2590. The second-order valence-corrected chi connectivity index (χ2v) is 22.6. The number of fused-ring (bicyclic) bond motifs is 13. The van der Waals surface area contributed by atoms with Crippen molar-refractivity contribution in [3.63, 3.8) is 0 Å². The van der Waals surface area contributed by atoms with E-state index in [1.807, 2.05) is 6.92 Å². The molecule has 0 radical (unpaired) electrons. The van der Waals surface area contributed by atoms with Gasteiger partial charge < -0.3 is 54.5 Å². The number of aliphatic hydroxyl groups is 2. The molecule has 9 atom stereocenters. The Morgan fingerprint density at radius 2 is 1.56 bits per heavy atom. The lowest BCUT2D eigenvalue weighted by Crippen LogP contribution is -2.53. The quantitative estimate of drug-likeness (QED) is 0.218. The number of phenolic OH excluding ortho intramolecular Hbond substituents is 2. The number of phenols is 2. The van der Waals surface area contributed by atoms with E-state index in [1.54, 1.807) is 63.8 Å². The van der Waals surface area contributed by atoms with Gasteiger partial charge in [0.05, 0.1) is 41.2 Å². The van der Waals surface area contributed by atoms with E-state index in [9.17, 15) is 34.8 Å². The van der Waals surface area contributed by atoms with Crippen molar-refractivity contribution < 1.29 is 53.8 Å². The number of carbonyl (C=O) groups is 3. The highest BCUT2D eigenvalue weighted by atomic mass is 16.7. The Labute approximate surface area is 418 Å². The molecule has 2 fully saturated rings. The summed E-state index contributed by atoms with van der Waals surface area (Å²) < 4.78 is 25.0. The number of aliphatic hydroxyl groups excluding tert-OH is 2. The smallest absolute Gasteiger partial charge is 0.410 e. The Kier molecular flexibility index (Phi) is 15.7. The predicted molar refractivity (Wildman–Crippen MR) is 270 cm³/mol. The van der Waals surface area contributed by atoms with Gasteiger partial charge in [-0.25, -0.2) is 9.79 Å². The molecule has 8 rings (SSSR count). The predicted octanol–water partition coefficient (Wildman–Crippen LogP) is 5.99. The third-order valence-electron chi connectivity index (χ3n) is 15.2. The van der Waals surface area contributed by atoms with Crippen molar-refractivity contribution in [2.24, 2.45) is 45.0 Å². The van der Waals surface area contributed by atoms with Crippen molar-refractivity contribution in [1.82, 2.24) is 14.7 Å². The number of hydrogen-bond acceptors (Lipinski definition) is 15. The van der Waals surface area contributed by atoms with E-state index in [4.69, 9.17) is 23.9 Å². The number of amides is 2. The van der Waals surface area contributed by atoms with Crippen LogP contribution in [0.15, 0.2) is 46.1 Å². The third-order valence-corrected chi connectivity index (χ3v) is 15.2. The summed E-state index contributed by atoms with van der Waals surface area (Å²) in [7, 11) is 1.50. The fourth-order valence-electron chi connectivity index (χ4n) is 11.0. The summed E-state index contributed by atoms with van der Waals surface area (Å²) in [4.78, 5) is 59.0. The number of allylic oxidation sites excluding steroid dienone is 2. The van der Waals surface area contributed by atoms with Crippen LogP contribution < -0.4 is 20.8 Å². The number of piperidine rings is 1. The van der Waals surface area contributed by atoms with Gasteiger partial charge in [0.2, 0.25) is 0 Å². The number of hydrogen-bond donors (Lipinski definition) is 5. The van der Waals surface area contributed by atoms with Crippen LogP contribution in [0.2, 0.25) is 0 Å². The number of anilines is 1. The molecule has 6 aliphatic rings. The van der Waals surface area contributed by atoms with Crippen molar-refractivity contribution in [2.75, 3.05) is 64.8 Å². The second kappa shape index (κ2) is 20.8. The zero-order chi connectivity index (χ0) is 52.1. The zero-order valence-corrected chi connectivity index (χ0v) is 44.0. The SMILES string of the molecule is CO[C@H]1/C=C/O[C@@]2(C)Oc3c(C)c(O)c4c(O)c(c5c(c4c3C2=O)NC2(CCN(CC(C)C)CC2)N=5)=NC(=O)/C(C)=C\C=C\[C@H](C)[C@H](O)[C@@H](C)[C@@H](O)[C@@H](C)[C@H](OC(=O)N2CCN(CC(C)(C)C)CC2)[C@@H]1C. The number of likely N-dealkylation sites (tertiary alicyclic amines) is 1. The lowest BCUT2D eigenvalue weighted by atomic mass is 9.78. The summed E-state index contributed by atoms with van der Waals surface area (Å²) in [5.41, 5.74) is -0.0210. The van der Waals surface area contributed by atoms with Gasteiger partial charge in [0.1, 0.15) is 34.0 Å². The summed E-state index contributed by atoms with van der Waals surface area (Å²) in [6.07, 6.45) is 4.51. The van der Waals surface area contributed by atoms with E-state index in [0.29, 0.717) is 50.6 Å². The number of ether oxygens (including phenoxy) is 4. The maximum Gasteiger partial charge on any atom is 0.410 e. The van der Waals surface area contributed by atoms with E-state index in [-0.39, 0.29) is 55.1 Å². The number of Topliss-reactive ketones (excluding diaryl/α,β-unsaturated/α-hetero) is 1. The minimum Gasteiger partial charge on any atom is -0.507 e. The number of piperazine rings is 1. The summed E-state index contributed by atoms with van der Waals surface area (Å²) in [5, 5.41) is 51.5. The van der Waals surface area contributed by atoms with Crippen molar-refractivity contribution >= 4 is 34.2 Å². The molecule has 2 aromatic carbocycles. The molecular weight excluding hydrogens is 909 g/mol. The lowest BCUT2D eigenvalue weighted by molar-refractivity contribution is -0.114. The van der Waals surface area contributed by atoms with Crippen LogP contribution in [0.25, 0.3) is 10.8 Å². The fourth-order valence-corrected chi connectivity index (χ4v) is 11.0. The van der Waals surface area contributed by atoms with Gasteiger partial charge in [-0.1, -0.05) is 80.5 Å². The van der Waals surface area contributed by atoms with Crippen molar-refractivity contribution in [2.45, 2.75) is 132 Å². The first-order valence-corrected chi connectivity index (χ1v) is 25.4. The van der Waals surface area contributed by atoms with Crippen LogP contribution in [0.5, 0.6) is 17.2 Å². The molecule has 0 saturated carbocycles. The monoisotopic (exact) mass is 987 g/mol. The van der Waals surface area contributed by atoms with Crippen LogP contribution in [-0.2, 0) is 19.0 Å². The van der Waals surface area contributed by atoms with Gasteiger partial charge >= 0.3 is 11.9 Å². The van der Waals surface area contributed by atoms with E-state index >= 15 is 0 Å². The zero-order valence-electron chi connectivity index (χ0n) is 44.0. The largest absolute Gasteiger partial charge is 0.507 e. The average Bonchev–Trinajstić information content (AvgIpc) is 3.81.